The van der Waals surface area contributed by atoms with Crippen molar-refractivity contribution in [1.82, 2.24) is 15.0 Å². The molecule has 0 bridgehead atoms. The summed E-state index contributed by atoms with van der Waals surface area (Å²) in [5.74, 6) is 0.870. The third-order valence-corrected chi connectivity index (χ3v) is 4.36. The molecule has 5 heteroatoms. The molecule has 1 aliphatic rings. The highest BCUT2D eigenvalue weighted by Crippen LogP contribution is 2.18. The second-order valence-corrected chi connectivity index (χ2v) is 5.91. The smallest absolute Gasteiger partial charge is 0.133 e. The number of piperazine rings is 1. The first-order valence-electron chi connectivity index (χ1n) is 7.64. The number of aromatic nitrogens is 1. The molecule has 1 aromatic rings. The topological polar surface area (TPSA) is 52.7 Å². The van der Waals surface area contributed by atoms with E-state index in [1.54, 1.807) is 0 Å². The van der Waals surface area contributed by atoms with E-state index in [2.05, 4.69) is 28.8 Å². The molecule has 0 amide bonds. The number of β-amino-alcohol motifs (C(OH)–C–C–N with tert-alkyl or cyclic N) is 1. The fourth-order valence-electron chi connectivity index (χ4n) is 2.72. The molecule has 114 valence electrons. The predicted octanol–water partition coefficient (Wildman–Crippen LogP) is 1.65. The zero-order valence-electron chi connectivity index (χ0n) is 12.9. The lowest BCUT2D eigenvalue weighted by Crippen LogP contribution is -2.51. The molecule has 1 saturated heterocycles. The quantitative estimate of drug-likeness (QED) is 0.859. The molecule has 1 N–H and O–H groups in total. The monoisotopic (exact) mass is 281 g/mol. The van der Waals surface area contributed by atoms with E-state index in [0.717, 1.165) is 63.6 Å². The van der Waals surface area contributed by atoms with Crippen LogP contribution >= 0.6 is 0 Å². The van der Waals surface area contributed by atoms with E-state index in [4.69, 9.17) is 4.52 Å². The SMILES string of the molecule is CCC(O)(CC)CN1CCN(Cc2cc(C)on2)CC1. The summed E-state index contributed by atoms with van der Waals surface area (Å²) in [5, 5.41) is 14.5. The van der Waals surface area contributed by atoms with Crippen molar-refractivity contribution in [3.63, 3.8) is 0 Å². The average molecular weight is 281 g/mol. The molecular formula is C15H27N3O2. The largest absolute Gasteiger partial charge is 0.389 e. The summed E-state index contributed by atoms with van der Waals surface area (Å²) >= 11 is 0. The molecule has 2 rings (SSSR count). The predicted molar refractivity (Wildman–Crippen MR) is 78.5 cm³/mol. The van der Waals surface area contributed by atoms with E-state index in [9.17, 15) is 5.11 Å². The molecule has 0 atom stereocenters. The van der Waals surface area contributed by atoms with Crippen molar-refractivity contribution < 1.29 is 9.63 Å². The van der Waals surface area contributed by atoms with Crippen molar-refractivity contribution >= 4 is 0 Å². The Morgan fingerprint density at radius 1 is 1.20 bits per heavy atom. The van der Waals surface area contributed by atoms with E-state index in [1.807, 2.05) is 13.0 Å². The third-order valence-electron chi connectivity index (χ3n) is 4.36. The number of hydrogen-bond acceptors (Lipinski definition) is 5. The van der Waals surface area contributed by atoms with Gasteiger partial charge in [-0.3, -0.25) is 9.80 Å². The lowest BCUT2D eigenvalue weighted by atomic mass is 9.96. The number of aryl methyl sites for hydroxylation is 1. The molecule has 0 spiro atoms. The van der Waals surface area contributed by atoms with Crippen LogP contribution in [0.5, 0.6) is 0 Å². The van der Waals surface area contributed by atoms with Crippen LogP contribution in [0, 0.1) is 6.92 Å². The Kier molecular flexibility index (Phi) is 5.18. The van der Waals surface area contributed by atoms with Crippen LogP contribution in [0.15, 0.2) is 10.6 Å². The van der Waals surface area contributed by atoms with Gasteiger partial charge < -0.3 is 9.63 Å². The van der Waals surface area contributed by atoms with Gasteiger partial charge in [0.2, 0.25) is 0 Å². The van der Waals surface area contributed by atoms with Gasteiger partial charge in [0.25, 0.3) is 0 Å². The molecule has 1 aliphatic heterocycles. The Hall–Kier alpha value is -0.910. The van der Waals surface area contributed by atoms with Crippen LogP contribution < -0.4 is 0 Å². The second-order valence-electron chi connectivity index (χ2n) is 5.91. The first-order valence-corrected chi connectivity index (χ1v) is 7.64. The van der Waals surface area contributed by atoms with E-state index in [1.165, 1.54) is 0 Å². The molecular weight excluding hydrogens is 254 g/mol. The zero-order chi connectivity index (χ0) is 14.6. The van der Waals surface area contributed by atoms with Gasteiger partial charge in [-0.15, -0.1) is 0 Å². The fraction of sp³-hybridized carbons (Fsp3) is 0.800. The lowest BCUT2D eigenvalue weighted by molar-refractivity contribution is -0.0163. The van der Waals surface area contributed by atoms with Crippen LogP contribution in [0.1, 0.15) is 38.1 Å². The van der Waals surface area contributed by atoms with Crippen molar-refractivity contribution in [2.24, 2.45) is 0 Å². The molecule has 2 heterocycles. The molecule has 0 radical (unpaired) electrons. The minimum atomic E-state index is -0.522. The van der Waals surface area contributed by atoms with Gasteiger partial charge in [0.15, 0.2) is 0 Å². The van der Waals surface area contributed by atoms with Crippen LogP contribution in [0.25, 0.3) is 0 Å². The Morgan fingerprint density at radius 2 is 1.80 bits per heavy atom. The van der Waals surface area contributed by atoms with Gasteiger partial charge in [-0.25, -0.2) is 0 Å². The van der Waals surface area contributed by atoms with Crippen molar-refractivity contribution in [2.75, 3.05) is 32.7 Å². The highest BCUT2D eigenvalue weighted by Gasteiger charge is 2.27. The van der Waals surface area contributed by atoms with E-state index in [0.29, 0.717) is 0 Å². The summed E-state index contributed by atoms with van der Waals surface area (Å²) in [6.45, 7) is 11.8. The maximum absolute atomic E-state index is 10.4. The van der Waals surface area contributed by atoms with Gasteiger partial charge in [-0.2, -0.15) is 0 Å². The van der Waals surface area contributed by atoms with E-state index in [-0.39, 0.29) is 0 Å². The Bertz CT molecular complexity index is 407. The standard InChI is InChI=1S/C15H27N3O2/c1-4-15(19,5-2)12-18-8-6-17(7-9-18)11-14-10-13(3)20-16-14/h10,19H,4-9,11-12H2,1-3H3. The molecule has 0 unspecified atom stereocenters. The number of aliphatic hydroxyl groups is 1. The summed E-state index contributed by atoms with van der Waals surface area (Å²) in [6.07, 6.45) is 1.64. The number of hydrogen-bond donors (Lipinski definition) is 1. The van der Waals surface area contributed by atoms with Crippen molar-refractivity contribution in [3.05, 3.63) is 17.5 Å². The van der Waals surface area contributed by atoms with Gasteiger partial charge >= 0.3 is 0 Å². The maximum atomic E-state index is 10.4. The van der Waals surface area contributed by atoms with Crippen molar-refractivity contribution in [2.45, 2.75) is 45.8 Å². The van der Waals surface area contributed by atoms with E-state index < -0.39 is 5.60 Å². The highest BCUT2D eigenvalue weighted by molar-refractivity contribution is 5.03. The third kappa shape index (κ3) is 4.04. The fourth-order valence-corrected chi connectivity index (χ4v) is 2.72. The number of rotatable bonds is 6. The van der Waals surface area contributed by atoms with Gasteiger partial charge in [-0.1, -0.05) is 19.0 Å². The van der Waals surface area contributed by atoms with Crippen molar-refractivity contribution in [3.8, 4) is 0 Å². The molecule has 1 fully saturated rings. The zero-order valence-corrected chi connectivity index (χ0v) is 12.9. The summed E-state index contributed by atoms with van der Waals surface area (Å²) in [7, 11) is 0. The molecule has 1 aromatic heterocycles. The highest BCUT2D eigenvalue weighted by atomic mass is 16.5. The van der Waals surface area contributed by atoms with Crippen LogP contribution in [-0.4, -0.2) is 58.4 Å². The minimum Gasteiger partial charge on any atom is -0.389 e. The number of nitrogens with zero attached hydrogens (tertiary/aromatic N) is 3. The van der Waals surface area contributed by atoms with Gasteiger partial charge in [0.1, 0.15) is 5.76 Å². The van der Waals surface area contributed by atoms with Crippen LogP contribution in [0.2, 0.25) is 0 Å². The van der Waals surface area contributed by atoms with Crippen molar-refractivity contribution in [1.29, 1.82) is 0 Å². The summed E-state index contributed by atoms with van der Waals surface area (Å²) in [4.78, 5) is 4.77. The molecule has 0 aromatic carbocycles. The Labute approximate surface area is 121 Å². The molecule has 5 nitrogen and oxygen atoms in total. The molecule has 0 aliphatic carbocycles. The lowest BCUT2D eigenvalue weighted by Gasteiger charge is -2.38. The summed E-state index contributed by atoms with van der Waals surface area (Å²) in [6, 6.07) is 2.00. The molecule has 0 saturated carbocycles. The minimum absolute atomic E-state index is 0.522. The van der Waals surface area contributed by atoms with Gasteiger partial charge in [-0.05, 0) is 19.8 Å². The maximum Gasteiger partial charge on any atom is 0.133 e. The Balaban J connectivity index is 1.77. The van der Waals surface area contributed by atoms with Crippen LogP contribution in [0.4, 0.5) is 0 Å². The van der Waals surface area contributed by atoms with Gasteiger partial charge in [0, 0.05) is 45.3 Å². The normalized spacial score (nSPS) is 18.6. The summed E-state index contributed by atoms with van der Waals surface area (Å²) < 4.78 is 5.10. The van der Waals surface area contributed by atoms with Gasteiger partial charge in [0.05, 0.1) is 11.3 Å². The Morgan fingerprint density at radius 3 is 2.30 bits per heavy atom. The average Bonchev–Trinajstić information content (AvgIpc) is 2.86. The first-order chi connectivity index (χ1) is 9.54. The molecule has 20 heavy (non-hydrogen) atoms. The van der Waals surface area contributed by atoms with Crippen LogP contribution in [0.3, 0.4) is 0 Å². The first kappa shape index (κ1) is 15.5. The van der Waals surface area contributed by atoms with Crippen LogP contribution in [-0.2, 0) is 6.54 Å². The summed E-state index contributed by atoms with van der Waals surface area (Å²) in [5.41, 5.74) is 0.486. The van der Waals surface area contributed by atoms with E-state index >= 15 is 0 Å². The second kappa shape index (κ2) is 6.70.